The fraction of sp³-hybridized carbons (Fsp3) is 0.559. The second-order valence-electron chi connectivity index (χ2n) is 12.7. The SMILES string of the molecule is BC(F)(P)Cn1c(C#CCN(C)c2ccc(C(=O)NC)cc2OCCOC)cc2c1=CCCC=2N(C)C1CCC(N(C)C)CC1. The van der Waals surface area contributed by atoms with Gasteiger partial charge in [0.25, 0.3) is 5.91 Å². The number of carbonyl (C=O) groups is 1. The van der Waals surface area contributed by atoms with Crippen LogP contribution in [0, 0.1) is 11.8 Å². The number of halogens is 1. The van der Waals surface area contributed by atoms with Crippen LogP contribution in [0.15, 0.2) is 24.3 Å². The Bertz CT molecular complexity index is 1520. The minimum absolute atomic E-state index is 0.181. The smallest absolute Gasteiger partial charge is 0.251 e. The van der Waals surface area contributed by atoms with Crippen LogP contribution < -0.4 is 25.5 Å². The van der Waals surface area contributed by atoms with Crippen molar-refractivity contribution in [2.45, 2.75) is 62.5 Å². The van der Waals surface area contributed by atoms with Crippen molar-refractivity contribution in [1.82, 2.24) is 19.7 Å². The van der Waals surface area contributed by atoms with Gasteiger partial charge in [-0.3, -0.25) is 4.79 Å². The van der Waals surface area contributed by atoms with E-state index in [1.165, 1.54) is 36.6 Å². The summed E-state index contributed by atoms with van der Waals surface area (Å²) in [6.07, 6.45) is 8.91. The zero-order valence-corrected chi connectivity index (χ0v) is 29.2. The minimum Gasteiger partial charge on any atom is -0.489 e. The topological polar surface area (TPSA) is 62.2 Å². The number of carbonyl (C=O) groups excluding carboxylic acids is 1. The molecular formula is C34H50BFN5O3P. The maximum Gasteiger partial charge on any atom is 0.251 e. The summed E-state index contributed by atoms with van der Waals surface area (Å²) in [5.41, 5.74) is 3.48. The molecule has 2 atom stereocenters. The number of methoxy groups -OCH3 is 1. The highest BCUT2D eigenvalue weighted by atomic mass is 31.0. The van der Waals surface area contributed by atoms with E-state index < -0.39 is 5.31 Å². The van der Waals surface area contributed by atoms with Crippen LogP contribution in [0.3, 0.4) is 0 Å². The number of rotatable bonds is 12. The van der Waals surface area contributed by atoms with Crippen LogP contribution >= 0.6 is 9.24 Å². The maximum atomic E-state index is 15.1. The molecule has 2 aliphatic carbocycles. The third-order valence-electron chi connectivity index (χ3n) is 8.94. The number of aromatic nitrogens is 1. The standard InChI is InChI=1S/C34H50BFN5O3P/c1-37-33(42)24-12-17-31(32(21-24)44-20-19-43-6)39(4)18-8-9-27-22-28-29(10-7-11-30(28)41(27)23-34(35,36)45)40(5)26-15-13-25(14-16-26)38(2)3/h11-12,17,21-22,25-26H,7,10,13-16,18-20,23,35,45H2,1-6H3,(H,37,42). The summed E-state index contributed by atoms with van der Waals surface area (Å²) in [6.45, 7) is 1.41. The Labute approximate surface area is 271 Å². The molecule has 1 aromatic heterocycles. The van der Waals surface area contributed by atoms with Crippen LogP contribution in [0.5, 0.6) is 5.75 Å². The lowest BCUT2D eigenvalue weighted by Crippen LogP contribution is -2.44. The Kier molecular flexibility index (Phi) is 12.0. The third-order valence-corrected chi connectivity index (χ3v) is 9.13. The second-order valence-corrected chi connectivity index (χ2v) is 13.9. The Hall–Kier alpha value is -2.99. The molecule has 4 rings (SSSR count). The molecule has 2 unspecified atom stereocenters. The lowest BCUT2D eigenvalue weighted by molar-refractivity contribution is 0.0962. The molecule has 2 aromatic rings. The normalized spacial score (nSPS) is 19.1. The van der Waals surface area contributed by atoms with E-state index in [1.54, 1.807) is 34.1 Å². The molecule has 1 N–H and O–H groups in total. The van der Waals surface area contributed by atoms with E-state index in [4.69, 9.17) is 9.47 Å². The molecule has 0 radical (unpaired) electrons. The molecule has 244 valence electrons. The van der Waals surface area contributed by atoms with E-state index >= 15 is 4.39 Å². The van der Waals surface area contributed by atoms with Crippen molar-refractivity contribution in [3.63, 3.8) is 0 Å². The van der Waals surface area contributed by atoms with Crippen molar-refractivity contribution in [3.8, 4) is 17.6 Å². The van der Waals surface area contributed by atoms with Gasteiger partial charge in [0.05, 0.1) is 31.1 Å². The maximum absolute atomic E-state index is 15.1. The van der Waals surface area contributed by atoms with E-state index in [-0.39, 0.29) is 12.5 Å². The first-order chi connectivity index (χ1) is 21.4. The molecule has 11 heteroatoms. The number of anilines is 1. The van der Waals surface area contributed by atoms with Crippen LogP contribution in [0.4, 0.5) is 10.1 Å². The molecule has 0 spiro atoms. The molecule has 0 aliphatic heterocycles. The van der Waals surface area contributed by atoms with Gasteiger partial charge in [0.2, 0.25) is 0 Å². The summed E-state index contributed by atoms with van der Waals surface area (Å²) >= 11 is 0. The van der Waals surface area contributed by atoms with Crippen LogP contribution in [0.1, 0.15) is 54.6 Å². The average molecular weight is 638 g/mol. The number of alkyl halides is 1. The van der Waals surface area contributed by atoms with E-state index in [0.717, 1.165) is 29.6 Å². The van der Waals surface area contributed by atoms with Crippen LogP contribution in [0.2, 0.25) is 0 Å². The minimum atomic E-state index is -1.47. The molecule has 8 nitrogen and oxygen atoms in total. The molecule has 2 aliphatic rings. The molecule has 1 amide bonds. The van der Waals surface area contributed by atoms with Crippen LogP contribution in [-0.2, 0) is 11.3 Å². The molecule has 1 heterocycles. The van der Waals surface area contributed by atoms with Gasteiger partial charge in [0, 0.05) is 62.2 Å². The van der Waals surface area contributed by atoms with E-state index in [9.17, 15) is 4.79 Å². The molecule has 1 aromatic carbocycles. The largest absolute Gasteiger partial charge is 0.489 e. The van der Waals surface area contributed by atoms with Gasteiger partial charge >= 0.3 is 0 Å². The highest BCUT2D eigenvalue weighted by molar-refractivity contribution is 7.21. The molecule has 1 fully saturated rings. The first-order valence-corrected chi connectivity index (χ1v) is 16.5. The quantitative estimate of drug-likeness (QED) is 0.166. The van der Waals surface area contributed by atoms with Gasteiger partial charge in [-0.15, -0.1) is 9.24 Å². The number of nitrogens with zero attached hydrogens (tertiary/aromatic N) is 4. The fourth-order valence-electron chi connectivity index (χ4n) is 6.43. The third kappa shape index (κ3) is 8.84. The van der Waals surface area contributed by atoms with Gasteiger partial charge in [0.15, 0.2) is 7.85 Å². The monoisotopic (exact) mass is 637 g/mol. The van der Waals surface area contributed by atoms with Crippen molar-refractivity contribution in [3.05, 3.63) is 46.1 Å². The molecule has 1 saturated carbocycles. The lowest BCUT2D eigenvalue weighted by Gasteiger charge is -2.39. The van der Waals surface area contributed by atoms with Crippen LogP contribution in [0.25, 0.3) is 11.8 Å². The summed E-state index contributed by atoms with van der Waals surface area (Å²) in [5.74, 6) is 7.11. The van der Waals surface area contributed by atoms with Gasteiger partial charge in [-0.2, -0.15) is 0 Å². The number of hydrogen-bond acceptors (Lipinski definition) is 6. The molecule has 0 saturated heterocycles. The number of fused-ring (bicyclic) bond motifs is 1. The zero-order chi connectivity index (χ0) is 32.7. The summed E-state index contributed by atoms with van der Waals surface area (Å²) in [5, 5.41) is 3.42. The van der Waals surface area contributed by atoms with E-state index in [2.05, 4.69) is 69.5 Å². The van der Waals surface area contributed by atoms with Crippen molar-refractivity contribution in [2.75, 3.05) is 67.0 Å². The van der Waals surface area contributed by atoms with Gasteiger partial charge in [-0.25, -0.2) is 4.39 Å². The van der Waals surface area contributed by atoms with Crippen molar-refractivity contribution >= 4 is 40.5 Å². The van der Waals surface area contributed by atoms with Gasteiger partial charge in [-0.05, 0) is 82.8 Å². The average Bonchev–Trinajstić information content (AvgIpc) is 3.35. The summed E-state index contributed by atoms with van der Waals surface area (Å²) < 4.78 is 28.3. The predicted octanol–water partition coefficient (Wildman–Crippen LogP) is 1.98. The lowest BCUT2D eigenvalue weighted by atomic mass is 9.89. The summed E-state index contributed by atoms with van der Waals surface area (Å²) in [6, 6.07) is 8.71. The Morgan fingerprint density at radius 1 is 1.16 bits per heavy atom. The number of amides is 1. The first-order valence-electron chi connectivity index (χ1n) is 15.9. The summed E-state index contributed by atoms with van der Waals surface area (Å²) in [4.78, 5) is 19.1. The number of ether oxygens (including phenoxy) is 2. The Balaban J connectivity index is 1.64. The Morgan fingerprint density at radius 3 is 2.51 bits per heavy atom. The number of nitrogens with one attached hydrogen (secondary N) is 1. The predicted molar refractivity (Wildman–Crippen MR) is 188 cm³/mol. The number of hydrogen-bond donors (Lipinski definition) is 1. The molecular weight excluding hydrogens is 587 g/mol. The van der Waals surface area contributed by atoms with E-state index in [0.29, 0.717) is 43.2 Å². The fourth-order valence-corrected chi connectivity index (χ4v) is 6.61. The van der Waals surface area contributed by atoms with Crippen LogP contribution in [-0.4, -0.2) is 108 Å². The number of benzene rings is 1. The van der Waals surface area contributed by atoms with Gasteiger partial charge in [0.1, 0.15) is 17.7 Å². The Morgan fingerprint density at radius 2 is 1.87 bits per heavy atom. The molecule has 45 heavy (non-hydrogen) atoms. The second kappa shape index (κ2) is 15.5. The highest BCUT2D eigenvalue weighted by Crippen LogP contribution is 2.30. The van der Waals surface area contributed by atoms with Crippen molar-refractivity contribution in [2.24, 2.45) is 0 Å². The van der Waals surface area contributed by atoms with Gasteiger partial charge in [-0.1, -0.05) is 12.0 Å². The molecule has 0 bridgehead atoms. The van der Waals surface area contributed by atoms with E-state index in [1.807, 2.05) is 22.6 Å². The zero-order valence-electron chi connectivity index (χ0n) is 28.1. The van der Waals surface area contributed by atoms with Gasteiger partial charge < -0.3 is 34.1 Å². The summed E-state index contributed by atoms with van der Waals surface area (Å²) in [7, 11) is 15.7. The van der Waals surface area contributed by atoms with Crippen molar-refractivity contribution < 1.29 is 18.7 Å². The first kappa shape index (κ1) is 34.9. The highest BCUT2D eigenvalue weighted by Gasteiger charge is 2.28. The van der Waals surface area contributed by atoms with Crippen molar-refractivity contribution in [1.29, 1.82) is 0 Å².